The molecule has 19 heavy (non-hydrogen) atoms. The summed E-state index contributed by atoms with van der Waals surface area (Å²) in [6.45, 7) is 6.87. The van der Waals surface area contributed by atoms with Crippen LogP contribution in [-0.2, 0) is 0 Å². The lowest BCUT2D eigenvalue weighted by Gasteiger charge is -2.31. The Kier molecular flexibility index (Phi) is 3.48. The molecule has 0 aliphatic heterocycles. The van der Waals surface area contributed by atoms with E-state index in [0.717, 1.165) is 22.5 Å². The van der Waals surface area contributed by atoms with Gasteiger partial charge in [0.25, 0.3) is 0 Å². The Morgan fingerprint density at radius 3 is 2.63 bits per heavy atom. The highest BCUT2D eigenvalue weighted by atomic mass is 32.1. The number of anilines is 1. The fourth-order valence-electron chi connectivity index (χ4n) is 3.33. The molecule has 3 rings (SSSR count). The van der Waals surface area contributed by atoms with E-state index in [1.807, 2.05) is 0 Å². The van der Waals surface area contributed by atoms with Crippen LogP contribution in [0.1, 0.15) is 38.7 Å². The van der Waals surface area contributed by atoms with Crippen molar-refractivity contribution in [2.45, 2.75) is 46.1 Å². The summed E-state index contributed by atoms with van der Waals surface area (Å²) in [5.41, 5.74) is 2.43. The lowest BCUT2D eigenvalue weighted by atomic mass is 9.80. The Labute approximate surface area is 119 Å². The Balaban J connectivity index is 1.77. The van der Waals surface area contributed by atoms with E-state index >= 15 is 0 Å². The molecule has 0 amide bonds. The zero-order valence-electron chi connectivity index (χ0n) is 11.9. The van der Waals surface area contributed by atoms with Crippen LogP contribution >= 0.6 is 11.3 Å². The van der Waals surface area contributed by atoms with Crippen molar-refractivity contribution in [2.24, 2.45) is 11.8 Å². The molecule has 1 heterocycles. The number of rotatable bonds is 2. The molecule has 1 aliphatic carbocycles. The largest absolute Gasteiger partial charge is 0.359 e. The first-order valence-corrected chi connectivity index (χ1v) is 8.05. The highest BCUT2D eigenvalue weighted by molar-refractivity contribution is 7.22. The van der Waals surface area contributed by atoms with Crippen LogP contribution in [-0.4, -0.2) is 11.0 Å². The van der Waals surface area contributed by atoms with E-state index in [9.17, 15) is 0 Å². The van der Waals surface area contributed by atoms with Crippen LogP contribution < -0.4 is 5.32 Å². The first kappa shape index (κ1) is 12.9. The van der Waals surface area contributed by atoms with Crippen molar-refractivity contribution in [2.75, 3.05) is 5.32 Å². The number of hydrogen-bond donors (Lipinski definition) is 1. The standard InChI is InChI=1S/C16H22N2S/c1-10-4-5-14-15(9-10)19-16(18-14)17-13-7-11(2)6-12(3)8-13/h4-5,9,11-13H,6-8H2,1-3H3,(H,17,18). The van der Waals surface area contributed by atoms with Crippen LogP contribution in [0.15, 0.2) is 18.2 Å². The molecule has 0 saturated heterocycles. The molecule has 1 aliphatic rings. The van der Waals surface area contributed by atoms with Gasteiger partial charge in [0.2, 0.25) is 0 Å². The van der Waals surface area contributed by atoms with E-state index < -0.39 is 0 Å². The summed E-state index contributed by atoms with van der Waals surface area (Å²) in [6.07, 6.45) is 3.93. The summed E-state index contributed by atoms with van der Waals surface area (Å²) in [7, 11) is 0. The molecule has 1 saturated carbocycles. The molecule has 2 aromatic rings. The van der Waals surface area contributed by atoms with Crippen LogP contribution in [0.2, 0.25) is 0 Å². The van der Waals surface area contributed by atoms with Crippen molar-refractivity contribution in [1.82, 2.24) is 4.98 Å². The maximum atomic E-state index is 4.71. The summed E-state index contributed by atoms with van der Waals surface area (Å²) < 4.78 is 1.29. The van der Waals surface area contributed by atoms with Crippen LogP contribution in [0.4, 0.5) is 5.13 Å². The second-order valence-corrected chi connectivity index (χ2v) is 7.28. The van der Waals surface area contributed by atoms with E-state index in [4.69, 9.17) is 4.98 Å². The van der Waals surface area contributed by atoms with E-state index in [-0.39, 0.29) is 0 Å². The Morgan fingerprint density at radius 1 is 1.16 bits per heavy atom. The van der Waals surface area contributed by atoms with Crippen molar-refractivity contribution in [3.05, 3.63) is 23.8 Å². The summed E-state index contributed by atoms with van der Waals surface area (Å²) >= 11 is 1.79. The smallest absolute Gasteiger partial charge is 0.184 e. The minimum Gasteiger partial charge on any atom is -0.359 e. The molecule has 1 N–H and O–H groups in total. The van der Waals surface area contributed by atoms with Gasteiger partial charge in [-0.3, -0.25) is 0 Å². The molecule has 3 heteroatoms. The number of aryl methyl sites for hydroxylation is 1. The summed E-state index contributed by atoms with van der Waals surface area (Å²) in [5, 5.41) is 4.75. The highest BCUT2D eigenvalue weighted by Gasteiger charge is 2.24. The Morgan fingerprint density at radius 2 is 1.89 bits per heavy atom. The molecule has 1 aromatic heterocycles. The van der Waals surface area contributed by atoms with Crippen molar-refractivity contribution >= 4 is 26.7 Å². The number of thiazole rings is 1. The third-order valence-corrected chi connectivity index (χ3v) is 5.00. The summed E-state index contributed by atoms with van der Waals surface area (Å²) in [4.78, 5) is 4.71. The first-order valence-electron chi connectivity index (χ1n) is 7.24. The third-order valence-electron chi connectivity index (χ3n) is 4.05. The maximum Gasteiger partial charge on any atom is 0.184 e. The minimum absolute atomic E-state index is 0.598. The average molecular weight is 274 g/mol. The zero-order chi connectivity index (χ0) is 13.4. The molecule has 1 fully saturated rings. The zero-order valence-corrected chi connectivity index (χ0v) is 12.8. The molecule has 102 valence electrons. The number of nitrogens with zero attached hydrogens (tertiary/aromatic N) is 1. The second-order valence-electron chi connectivity index (χ2n) is 6.25. The third kappa shape index (κ3) is 2.92. The normalized spacial score (nSPS) is 27.6. The minimum atomic E-state index is 0.598. The van der Waals surface area contributed by atoms with Gasteiger partial charge in [-0.25, -0.2) is 4.98 Å². The summed E-state index contributed by atoms with van der Waals surface area (Å²) in [5.74, 6) is 1.66. The lowest BCUT2D eigenvalue weighted by molar-refractivity contribution is 0.281. The predicted molar refractivity (Wildman–Crippen MR) is 83.9 cm³/mol. The quantitative estimate of drug-likeness (QED) is 0.847. The van der Waals surface area contributed by atoms with Gasteiger partial charge in [0.15, 0.2) is 5.13 Å². The van der Waals surface area contributed by atoms with Crippen molar-refractivity contribution in [3.63, 3.8) is 0 Å². The van der Waals surface area contributed by atoms with E-state index in [1.165, 1.54) is 29.5 Å². The van der Waals surface area contributed by atoms with E-state index in [2.05, 4.69) is 44.3 Å². The van der Waals surface area contributed by atoms with Crippen molar-refractivity contribution in [3.8, 4) is 0 Å². The predicted octanol–water partition coefficient (Wildman–Crippen LogP) is 4.84. The van der Waals surface area contributed by atoms with Gasteiger partial charge >= 0.3 is 0 Å². The fraction of sp³-hybridized carbons (Fsp3) is 0.562. The second kappa shape index (κ2) is 5.12. The first-order chi connectivity index (χ1) is 9.10. The molecular formula is C16H22N2S. The van der Waals surface area contributed by atoms with Crippen LogP contribution in [0, 0.1) is 18.8 Å². The number of aromatic nitrogens is 1. The van der Waals surface area contributed by atoms with Crippen LogP contribution in [0.3, 0.4) is 0 Å². The molecule has 2 unspecified atom stereocenters. The molecule has 1 aromatic carbocycles. The van der Waals surface area contributed by atoms with Gasteiger partial charge in [0.1, 0.15) is 0 Å². The SMILES string of the molecule is Cc1ccc2nc(NC3CC(C)CC(C)C3)sc2c1. The molecule has 2 atom stereocenters. The van der Waals surface area contributed by atoms with Crippen LogP contribution in [0.25, 0.3) is 10.2 Å². The van der Waals surface area contributed by atoms with Gasteiger partial charge in [-0.1, -0.05) is 31.3 Å². The van der Waals surface area contributed by atoms with E-state index in [0.29, 0.717) is 6.04 Å². The van der Waals surface area contributed by atoms with E-state index in [1.54, 1.807) is 11.3 Å². The highest BCUT2D eigenvalue weighted by Crippen LogP contribution is 2.33. The number of benzene rings is 1. The lowest BCUT2D eigenvalue weighted by Crippen LogP contribution is -2.30. The van der Waals surface area contributed by atoms with Gasteiger partial charge in [-0.05, 0) is 55.7 Å². The number of hydrogen-bond acceptors (Lipinski definition) is 3. The Bertz CT molecular complexity index is 565. The molecule has 0 spiro atoms. The van der Waals surface area contributed by atoms with Gasteiger partial charge < -0.3 is 5.32 Å². The molecule has 0 radical (unpaired) electrons. The fourth-order valence-corrected chi connectivity index (χ4v) is 4.37. The number of fused-ring (bicyclic) bond motifs is 1. The average Bonchev–Trinajstić information content (AvgIpc) is 2.68. The molecule has 0 bridgehead atoms. The monoisotopic (exact) mass is 274 g/mol. The van der Waals surface area contributed by atoms with Gasteiger partial charge in [-0.15, -0.1) is 0 Å². The van der Waals surface area contributed by atoms with Gasteiger partial charge in [0, 0.05) is 6.04 Å². The maximum absolute atomic E-state index is 4.71. The van der Waals surface area contributed by atoms with Crippen molar-refractivity contribution in [1.29, 1.82) is 0 Å². The van der Waals surface area contributed by atoms with Crippen molar-refractivity contribution < 1.29 is 0 Å². The Hall–Kier alpha value is -1.09. The molecular weight excluding hydrogens is 252 g/mol. The molecule has 2 nitrogen and oxygen atoms in total. The van der Waals surface area contributed by atoms with Gasteiger partial charge in [0.05, 0.1) is 10.2 Å². The number of nitrogens with one attached hydrogen (secondary N) is 1. The topological polar surface area (TPSA) is 24.9 Å². The summed E-state index contributed by atoms with van der Waals surface area (Å²) in [6, 6.07) is 7.08. The van der Waals surface area contributed by atoms with Crippen LogP contribution in [0.5, 0.6) is 0 Å². The van der Waals surface area contributed by atoms with Gasteiger partial charge in [-0.2, -0.15) is 0 Å².